The van der Waals surface area contributed by atoms with E-state index in [1.54, 1.807) is 0 Å². The number of halogens is 2. The Hall–Kier alpha value is -3.36. The van der Waals surface area contributed by atoms with Gasteiger partial charge in [0.2, 0.25) is 0 Å². The van der Waals surface area contributed by atoms with Crippen LogP contribution in [0.2, 0.25) is 0 Å². The molecule has 2 aliphatic rings. The molecular formula is C34H40F2N2O4. The van der Waals surface area contributed by atoms with E-state index >= 15 is 4.39 Å². The molecule has 0 radical (unpaired) electrons. The SMILES string of the molecule is Cc1nc2c(c(-c3cc(F)c4c(c3C)CCCO4)c1C(OC(C)(C)C)C(=O)O)CN(CCCc1ccc(F)cc1)CC2. The number of ether oxygens (including phenoxy) is 2. The fraction of sp³-hybridized carbons (Fsp3) is 0.471. The minimum Gasteiger partial charge on any atom is -0.490 e. The highest BCUT2D eigenvalue weighted by Gasteiger charge is 2.36. The standard InChI is InChI=1S/C34H40F2N2O4/c1-20-24-9-7-17-41-31(24)27(36)18-25(20)30-26-19-38(15-6-8-22-10-12-23(35)13-11-22)16-14-28(26)37-21(2)29(30)32(33(39)40)42-34(3,4)5/h10-13,18,32H,6-9,14-17,19H2,1-5H3,(H,39,40). The molecule has 1 N–H and O–H groups in total. The van der Waals surface area contributed by atoms with E-state index in [4.69, 9.17) is 14.5 Å². The Labute approximate surface area is 246 Å². The van der Waals surface area contributed by atoms with Gasteiger partial charge in [-0.25, -0.2) is 13.6 Å². The number of aryl methyl sites for hydroxylation is 2. The van der Waals surface area contributed by atoms with E-state index in [0.717, 1.165) is 60.3 Å². The molecule has 0 amide bonds. The number of carbonyl (C=O) groups is 1. The van der Waals surface area contributed by atoms with Crippen LogP contribution in [-0.2, 0) is 35.3 Å². The molecule has 0 saturated carbocycles. The average molecular weight is 579 g/mol. The number of aliphatic carboxylic acids is 1. The summed E-state index contributed by atoms with van der Waals surface area (Å²) < 4.78 is 40.8. The van der Waals surface area contributed by atoms with Gasteiger partial charge in [-0.15, -0.1) is 0 Å². The second kappa shape index (κ2) is 12.1. The van der Waals surface area contributed by atoms with Gasteiger partial charge < -0.3 is 14.6 Å². The topological polar surface area (TPSA) is 71.9 Å². The summed E-state index contributed by atoms with van der Waals surface area (Å²) in [6.07, 6.45) is 2.63. The lowest BCUT2D eigenvalue weighted by molar-refractivity contribution is -0.160. The number of hydrogen-bond acceptors (Lipinski definition) is 5. The van der Waals surface area contributed by atoms with Gasteiger partial charge in [0.1, 0.15) is 5.82 Å². The Morgan fingerprint density at radius 3 is 2.57 bits per heavy atom. The first-order valence-corrected chi connectivity index (χ1v) is 14.8. The summed E-state index contributed by atoms with van der Waals surface area (Å²) in [4.78, 5) is 20.0. The van der Waals surface area contributed by atoms with E-state index in [1.165, 1.54) is 18.2 Å². The number of rotatable bonds is 8. The van der Waals surface area contributed by atoms with E-state index in [-0.39, 0.29) is 5.82 Å². The number of carboxylic acids is 1. The normalized spacial score (nSPS) is 16.0. The van der Waals surface area contributed by atoms with Gasteiger partial charge in [0, 0.05) is 42.0 Å². The molecule has 42 heavy (non-hydrogen) atoms. The third-order valence-electron chi connectivity index (χ3n) is 8.17. The molecule has 2 aliphatic heterocycles. The molecule has 0 saturated heterocycles. The fourth-order valence-electron chi connectivity index (χ4n) is 6.24. The summed E-state index contributed by atoms with van der Waals surface area (Å²) in [6.45, 7) is 11.9. The van der Waals surface area contributed by atoms with Gasteiger partial charge in [0.25, 0.3) is 0 Å². The van der Waals surface area contributed by atoms with Crippen LogP contribution in [0.1, 0.15) is 78.9 Å². The maximum Gasteiger partial charge on any atom is 0.337 e. The maximum absolute atomic E-state index is 15.6. The van der Waals surface area contributed by atoms with Gasteiger partial charge in [0.15, 0.2) is 17.7 Å². The number of hydrogen-bond donors (Lipinski definition) is 1. The van der Waals surface area contributed by atoms with Crippen LogP contribution in [0, 0.1) is 25.5 Å². The highest BCUT2D eigenvalue weighted by Crippen LogP contribution is 2.44. The zero-order valence-corrected chi connectivity index (χ0v) is 25.2. The molecule has 1 unspecified atom stereocenters. The van der Waals surface area contributed by atoms with Crippen molar-refractivity contribution in [2.24, 2.45) is 0 Å². The zero-order valence-electron chi connectivity index (χ0n) is 25.2. The predicted octanol–water partition coefficient (Wildman–Crippen LogP) is 6.90. The van der Waals surface area contributed by atoms with Crippen LogP contribution in [0.4, 0.5) is 8.78 Å². The minimum absolute atomic E-state index is 0.243. The van der Waals surface area contributed by atoms with E-state index < -0.39 is 23.5 Å². The van der Waals surface area contributed by atoms with Crippen LogP contribution in [0.3, 0.4) is 0 Å². The summed E-state index contributed by atoms with van der Waals surface area (Å²) >= 11 is 0. The van der Waals surface area contributed by atoms with Crippen molar-refractivity contribution in [3.8, 4) is 16.9 Å². The lowest BCUT2D eigenvalue weighted by atomic mass is 9.83. The summed E-state index contributed by atoms with van der Waals surface area (Å²) in [5, 5.41) is 10.4. The van der Waals surface area contributed by atoms with Crippen LogP contribution in [0.15, 0.2) is 30.3 Å². The van der Waals surface area contributed by atoms with Gasteiger partial charge in [0.05, 0.1) is 12.2 Å². The third-order valence-corrected chi connectivity index (χ3v) is 8.17. The quantitative estimate of drug-likeness (QED) is 0.314. The molecule has 6 nitrogen and oxygen atoms in total. The van der Waals surface area contributed by atoms with Crippen molar-refractivity contribution in [2.75, 3.05) is 19.7 Å². The van der Waals surface area contributed by atoms with Crippen LogP contribution in [-0.4, -0.2) is 46.3 Å². The van der Waals surface area contributed by atoms with Crippen LogP contribution in [0.5, 0.6) is 5.75 Å². The van der Waals surface area contributed by atoms with Gasteiger partial charge in [-0.1, -0.05) is 12.1 Å². The van der Waals surface area contributed by atoms with E-state index in [9.17, 15) is 14.3 Å². The van der Waals surface area contributed by atoms with Gasteiger partial charge in [-0.2, -0.15) is 0 Å². The highest BCUT2D eigenvalue weighted by atomic mass is 19.1. The van der Waals surface area contributed by atoms with Crippen molar-refractivity contribution in [3.05, 3.63) is 81.2 Å². The first-order chi connectivity index (χ1) is 19.9. The Morgan fingerprint density at radius 2 is 1.88 bits per heavy atom. The van der Waals surface area contributed by atoms with Crippen molar-refractivity contribution in [1.82, 2.24) is 9.88 Å². The van der Waals surface area contributed by atoms with E-state index in [1.807, 2.05) is 46.8 Å². The minimum atomic E-state index is -1.28. The summed E-state index contributed by atoms with van der Waals surface area (Å²) in [5.74, 6) is -1.49. The molecule has 8 heteroatoms. The Morgan fingerprint density at radius 1 is 1.14 bits per heavy atom. The molecule has 0 aliphatic carbocycles. The molecular weight excluding hydrogens is 538 g/mol. The summed E-state index contributed by atoms with van der Waals surface area (Å²) in [6, 6.07) is 8.10. The number of nitrogens with zero attached hydrogens (tertiary/aromatic N) is 2. The third kappa shape index (κ3) is 6.35. The van der Waals surface area contributed by atoms with Gasteiger partial charge in [-0.05, 0) is 113 Å². The number of aromatic nitrogens is 1. The van der Waals surface area contributed by atoms with Crippen molar-refractivity contribution in [2.45, 2.75) is 85.0 Å². The fourth-order valence-corrected chi connectivity index (χ4v) is 6.24. The molecule has 0 bridgehead atoms. The van der Waals surface area contributed by atoms with E-state index in [2.05, 4.69) is 4.90 Å². The second-order valence-electron chi connectivity index (χ2n) is 12.4. The monoisotopic (exact) mass is 578 g/mol. The average Bonchev–Trinajstić information content (AvgIpc) is 2.94. The van der Waals surface area contributed by atoms with Crippen molar-refractivity contribution < 1.29 is 28.2 Å². The molecule has 2 aromatic carbocycles. The van der Waals surface area contributed by atoms with Crippen LogP contribution in [0.25, 0.3) is 11.1 Å². The van der Waals surface area contributed by atoms with Crippen molar-refractivity contribution in [1.29, 1.82) is 0 Å². The van der Waals surface area contributed by atoms with Gasteiger partial charge in [-0.3, -0.25) is 9.88 Å². The predicted molar refractivity (Wildman–Crippen MR) is 158 cm³/mol. The Bertz CT molecular complexity index is 1480. The second-order valence-corrected chi connectivity index (χ2v) is 12.4. The first kappa shape index (κ1) is 30.1. The number of pyridine rings is 1. The Balaban J connectivity index is 1.60. The highest BCUT2D eigenvalue weighted by molar-refractivity contribution is 5.84. The molecule has 224 valence electrons. The summed E-state index contributed by atoms with van der Waals surface area (Å²) in [7, 11) is 0. The largest absolute Gasteiger partial charge is 0.490 e. The number of carboxylic acid groups (broad SMARTS) is 1. The molecule has 0 spiro atoms. The summed E-state index contributed by atoms with van der Waals surface area (Å²) in [5.41, 5.74) is 6.35. The molecule has 0 fully saturated rings. The molecule has 1 atom stereocenters. The lowest BCUT2D eigenvalue weighted by Crippen LogP contribution is -2.34. The van der Waals surface area contributed by atoms with Crippen molar-refractivity contribution in [3.63, 3.8) is 0 Å². The first-order valence-electron chi connectivity index (χ1n) is 14.8. The molecule has 3 aromatic rings. The smallest absolute Gasteiger partial charge is 0.337 e. The lowest BCUT2D eigenvalue weighted by Gasteiger charge is -2.34. The van der Waals surface area contributed by atoms with Gasteiger partial charge >= 0.3 is 5.97 Å². The molecule has 1 aromatic heterocycles. The van der Waals surface area contributed by atoms with Crippen LogP contribution >= 0.6 is 0 Å². The zero-order chi connectivity index (χ0) is 30.2. The number of fused-ring (bicyclic) bond motifs is 2. The number of benzene rings is 2. The van der Waals surface area contributed by atoms with E-state index in [0.29, 0.717) is 54.1 Å². The maximum atomic E-state index is 15.6. The molecule has 5 rings (SSSR count). The van der Waals surface area contributed by atoms with Crippen LogP contribution < -0.4 is 4.74 Å². The molecule has 3 heterocycles. The Kier molecular flexibility index (Phi) is 8.67. The van der Waals surface area contributed by atoms with Crippen molar-refractivity contribution >= 4 is 5.97 Å².